The molecular weight excluding hydrogens is 221 g/mol. The summed E-state index contributed by atoms with van der Waals surface area (Å²) in [4.78, 5) is 2.09. The first-order valence-corrected chi connectivity index (χ1v) is 5.98. The Bertz CT molecular complexity index is 387. The molecule has 1 aromatic carbocycles. The summed E-state index contributed by atoms with van der Waals surface area (Å²) in [6.45, 7) is 3.12. The minimum absolute atomic E-state index is 0.235. The predicted octanol–water partition coefficient (Wildman–Crippen LogP) is 1.84. The highest BCUT2D eigenvalue weighted by atomic mass is 19.1. The normalized spacial score (nSPS) is 19.4. The highest BCUT2D eigenvalue weighted by Gasteiger charge is 2.20. The molecule has 0 aromatic heterocycles. The molecule has 0 radical (unpaired) electrons. The van der Waals surface area contributed by atoms with Gasteiger partial charge in [-0.05, 0) is 38.0 Å². The lowest BCUT2D eigenvalue weighted by Crippen LogP contribution is -2.36. The summed E-state index contributed by atoms with van der Waals surface area (Å²) in [5.74, 6) is -0.332. The van der Waals surface area contributed by atoms with Gasteiger partial charge in [0.15, 0.2) is 0 Å². The second-order valence-electron chi connectivity index (χ2n) is 4.60. The van der Waals surface area contributed by atoms with Crippen LogP contribution in [0.25, 0.3) is 0 Å². The molecular formula is C13H18FNO2. The van der Waals surface area contributed by atoms with Gasteiger partial charge in [-0.3, -0.25) is 0 Å². The molecule has 1 aliphatic heterocycles. The van der Waals surface area contributed by atoms with Crippen molar-refractivity contribution in [1.82, 2.24) is 0 Å². The van der Waals surface area contributed by atoms with E-state index in [-0.39, 0.29) is 11.9 Å². The van der Waals surface area contributed by atoms with Crippen LogP contribution in [-0.2, 0) is 0 Å². The minimum atomic E-state index is -0.687. The summed E-state index contributed by atoms with van der Waals surface area (Å²) in [5, 5.41) is 19.1. The van der Waals surface area contributed by atoms with Crippen LogP contribution in [0, 0.1) is 5.82 Å². The number of piperidine rings is 1. The highest BCUT2D eigenvalue weighted by Crippen LogP contribution is 2.29. The van der Waals surface area contributed by atoms with Gasteiger partial charge in [0.25, 0.3) is 0 Å². The van der Waals surface area contributed by atoms with Crippen LogP contribution in [0.3, 0.4) is 0 Å². The Morgan fingerprint density at radius 2 is 2.00 bits per heavy atom. The van der Waals surface area contributed by atoms with E-state index in [4.69, 9.17) is 0 Å². The average molecular weight is 239 g/mol. The third kappa shape index (κ3) is 2.76. The molecule has 17 heavy (non-hydrogen) atoms. The van der Waals surface area contributed by atoms with E-state index in [0.29, 0.717) is 5.56 Å². The molecule has 3 nitrogen and oxygen atoms in total. The first-order chi connectivity index (χ1) is 8.08. The first kappa shape index (κ1) is 12.3. The Balaban J connectivity index is 2.25. The van der Waals surface area contributed by atoms with Crippen molar-refractivity contribution in [2.45, 2.75) is 32.0 Å². The first-order valence-electron chi connectivity index (χ1n) is 5.98. The Kier molecular flexibility index (Phi) is 3.64. The quantitative estimate of drug-likeness (QED) is 0.827. The van der Waals surface area contributed by atoms with Gasteiger partial charge in [0.1, 0.15) is 5.82 Å². The van der Waals surface area contributed by atoms with Gasteiger partial charge in [0.2, 0.25) is 0 Å². The largest absolute Gasteiger partial charge is 0.393 e. The molecule has 0 amide bonds. The number of halogens is 1. The maximum atomic E-state index is 13.2. The summed E-state index contributed by atoms with van der Waals surface area (Å²) in [5.41, 5.74) is 1.48. The minimum Gasteiger partial charge on any atom is -0.393 e. The molecule has 4 heteroatoms. The topological polar surface area (TPSA) is 43.7 Å². The highest BCUT2D eigenvalue weighted by molar-refractivity contribution is 5.55. The van der Waals surface area contributed by atoms with Crippen LogP contribution >= 0.6 is 0 Å². The molecule has 1 heterocycles. The second kappa shape index (κ2) is 5.02. The third-order valence-electron chi connectivity index (χ3n) is 3.24. The van der Waals surface area contributed by atoms with Crippen LogP contribution in [0.2, 0.25) is 0 Å². The molecule has 1 atom stereocenters. The fourth-order valence-electron chi connectivity index (χ4n) is 2.25. The summed E-state index contributed by atoms with van der Waals surface area (Å²) >= 11 is 0. The van der Waals surface area contributed by atoms with Crippen LogP contribution in [-0.4, -0.2) is 29.4 Å². The summed E-state index contributed by atoms with van der Waals surface area (Å²) < 4.78 is 13.2. The monoisotopic (exact) mass is 239 g/mol. The number of nitrogens with zero attached hydrogens (tertiary/aromatic N) is 1. The fraction of sp³-hybridized carbons (Fsp3) is 0.538. The van der Waals surface area contributed by atoms with E-state index in [2.05, 4.69) is 4.90 Å². The Hall–Kier alpha value is -1.13. The Labute approximate surface area is 100 Å². The van der Waals surface area contributed by atoms with E-state index in [1.165, 1.54) is 12.1 Å². The molecule has 2 N–H and O–H groups in total. The number of aliphatic hydroxyl groups excluding tert-OH is 2. The van der Waals surface area contributed by atoms with Gasteiger partial charge in [-0.15, -0.1) is 0 Å². The van der Waals surface area contributed by atoms with Gasteiger partial charge < -0.3 is 15.1 Å². The van der Waals surface area contributed by atoms with Crippen molar-refractivity contribution in [3.05, 3.63) is 29.6 Å². The Morgan fingerprint density at radius 1 is 1.35 bits per heavy atom. The molecule has 2 rings (SSSR count). The van der Waals surface area contributed by atoms with Crippen LogP contribution in [0.5, 0.6) is 0 Å². The van der Waals surface area contributed by atoms with Crippen molar-refractivity contribution >= 4 is 5.69 Å². The van der Waals surface area contributed by atoms with Gasteiger partial charge in [-0.25, -0.2) is 4.39 Å². The van der Waals surface area contributed by atoms with Crippen molar-refractivity contribution in [3.63, 3.8) is 0 Å². The van der Waals surface area contributed by atoms with E-state index in [0.717, 1.165) is 31.6 Å². The molecule has 0 bridgehead atoms. The standard InChI is InChI=1S/C13H18FNO2/c1-9(16)12-8-10(14)2-3-13(12)15-6-4-11(17)5-7-15/h2-3,8-9,11,16-17H,4-7H2,1H3/t9-/m0/s1. The number of anilines is 1. The van der Waals surface area contributed by atoms with Crippen molar-refractivity contribution < 1.29 is 14.6 Å². The molecule has 0 spiro atoms. The van der Waals surface area contributed by atoms with Crippen molar-refractivity contribution in [2.75, 3.05) is 18.0 Å². The van der Waals surface area contributed by atoms with Crippen molar-refractivity contribution in [2.24, 2.45) is 0 Å². The van der Waals surface area contributed by atoms with Gasteiger partial charge >= 0.3 is 0 Å². The van der Waals surface area contributed by atoms with Gasteiger partial charge in [0, 0.05) is 24.3 Å². The summed E-state index contributed by atoms with van der Waals surface area (Å²) in [6, 6.07) is 4.49. The van der Waals surface area contributed by atoms with E-state index in [9.17, 15) is 14.6 Å². The van der Waals surface area contributed by atoms with Gasteiger partial charge in [-0.2, -0.15) is 0 Å². The lowest BCUT2D eigenvalue weighted by Gasteiger charge is -2.33. The average Bonchev–Trinajstić information content (AvgIpc) is 2.30. The zero-order valence-electron chi connectivity index (χ0n) is 9.93. The molecule has 94 valence electrons. The van der Waals surface area contributed by atoms with Crippen LogP contribution < -0.4 is 4.90 Å². The zero-order chi connectivity index (χ0) is 12.4. The predicted molar refractivity (Wildman–Crippen MR) is 64.5 cm³/mol. The maximum Gasteiger partial charge on any atom is 0.123 e. The molecule has 0 unspecified atom stereocenters. The number of aliphatic hydroxyl groups is 2. The van der Waals surface area contributed by atoms with Crippen LogP contribution in [0.1, 0.15) is 31.4 Å². The zero-order valence-corrected chi connectivity index (χ0v) is 9.93. The molecule has 1 aliphatic rings. The molecule has 0 saturated carbocycles. The second-order valence-corrected chi connectivity index (χ2v) is 4.60. The van der Waals surface area contributed by atoms with Crippen molar-refractivity contribution in [3.8, 4) is 0 Å². The number of benzene rings is 1. The van der Waals surface area contributed by atoms with E-state index in [1.807, 2.05) is 0 Å². The fourth-order valence-corrected chi connectivity index (χ4v) is 2.25. The Morgan fingerprint density at radius 3 is 2.59 bits per heavy atom. The van der Waals surface area contributed by atoms with Crippen molar-refractivity contribution in [1.29, 1.82) is 0 Å². The molecule has 1 saturated heterocycles. The summed E-state index contributed by atoms with van der Waals surface area (Å²) in [7, 11) is 0. The third-order valence-corrected chi connectivity index (χ3v) is 3.24. The van der Waals surface area contributed by atoms with E-state index >= 15 is 0 Å². The molecule has 1 fully saturated rings. The van der Waals surface area contributed by atoms with E-state index < -0.39 is 6.10 Å². The number of hydrogen-bond acceptors (Lipinski definition) is 3. The SMILES string of the molecule is C[C@H](O)c1cc(F)ccc1N1CCC(O)CC1. The lowest BCUT2D eigenvalue weighted by atomic mass is 10.0. The number of hydrogen-bond donors (Lipinski definition) is 2. The van der Waals surface area contributed by atoms with E-state index in [1.54, 1.807) is 13.0 Å². The maximum absolute atomic E-state index is 13.2. The van der Waals surface area contributed by atoms with Gasteiger partial charge in [-0.1, -0.05) is 0 Å². The molecule has 1 aromatic rings. The van der Waals surface area contributed by atoms with Gasteiger partial charge in [0.05, 0.1) is 12.2 Å². The smallest absolute Gasteiger partial charge is 0.123 e. The van der Waals surface area contributed by atoms with Crippen LogP contribution in [0.4, 0.5) is 10.1 Å². The number of rotatable bonds is 2. The lowest BCUT2D eigenvalue weighted by molar-refractivity contribution is 0.145. The molecule has 0 aliphatic carbocycles. The van der Waals surface area contributed by atoms with Crippen LogP contribution in [0.15, 0.2) is 18.2 Å². The summed E-state index contributed by atoms with van der Waals surface area (Å²) in [6.07, 6.45) is 0.516.